The quantitative estimate of drug-likeness (QED) is 0.371. The van der Waals surface area contributed by atoms with Gasteiger partial charge in [0.1, 0.15) is 0 Å². The normalized spacial score (nSPS) is 63.0. The van der Waals surface area contributed by atoms with E-state index >= 15 is 0 Å². The molecule has 0 nitrogen and oxygen atoms in total. The molecule has 6 fully saturated rings. The predicted molar refractivity (Wildman–Crippen MR) is 102 cm³/mol. The van der Waals surface area contributed by atoms with Crippen LogP contribution in [-0.2, 0) is 0 Å². The number of hydrogen-bond acceptors (Lipinski definition) is 0. The standard InChI is InChI=1S/C15H20.C10H14/c1-2-10-11(3-1)13-7-12(10)14-8-4-5-9(6-8)15(13)14;1-2-9-7-4-5-8(6-7)10(9)3-1/h1-2,8-15H,3-7H2;1-2,7-10H,3-6H2. The van der Waals surface area contributed by atoms with Crippen LogP contribution in [0.4, 0.5) is 0 Å². The van der Waals surface area contributed by atoms with E-state index in [1.165, 1.54) is 42.9 Å². The van der Waals surface area contributed by atoms with Crippen LogP contribution in [0.1, 0.15) is 57.8 Å². The first-order valence-electron chi connectivity index (χ1n) is 11.7. The second-order valence-electron chi connectivity index (χ2n) is 11.2. The molecule has 0 aliphatic heterocycles. The Morgan fingerprint density at radius 1 is 0.480 bits per heavy atom. The fourth-order valence-corrected chi connectivity index (χ4v) is 10.3. The summed E-state index contributed by atoms with van der Waals surface area (Å²) >= 11 is 0. The van der Waals surface area contributed by atoms with Gasteiger partial charge in [-0.05, 0) is 129 Å². The van der Waals surface area contributed by atoms with Crippen molar-refractivity contribution in [3.63, 3.8) is 0 Å². The van der Waals surface area contributed by atoms with Gasteiger partial charge in [0.2, 0.25) is 0 Å². The Kier molecular flexibility index (Phi) is 2.93. The van der Waals surface area contributed by atoms with Gasteiger partial charge in [-0.25, -0.2) is 0 Å². The zero-order valence-electron chi connectivity index (χ0n) is 15.6. The second-order valence-corrected chi connectivity index (χ2v) is 11.2. The van der Waals surface area contributed by atoms with Gasteiger partial charge in [0.05, 0.1) is 0 Å². The summed E-state index contributed by atoms with van der Waals surface area (Å²) in [5.41, 5.74) is 0. The Labute approximate surface area is 153 Å². The third kappa shape index (κ3) is 1.80. The molecule has 0 heterocycles. The minimum atomic E-state index is 1.03. The summed E-state index contributed by atoms with van der Waals surface area (Å²) < 4.78 is 0. The second kappa shape index (κ2) is 5.05. The molecule has 8 aliphatic carbocycles. The molecule has 25 heavy (non-hydrogen) atoms. The average Bonchev–Trinajstić information content (AvgIpc) is 3.50. The third-order valence-corrected chi connectivity index (χ3v) is 10.8. The van der Waals surface area contributed by atoms with Crippen molar-refractivity contribution in [3.8, 4) is 0 Å². The molecule has 0 saturated heterocycles. The van der Waals surface area contributed by atoms with Gasteiger partial charge in [0, 0.05) is 0 Å². The summed E-state index contributed by atoms with van der Waals surface area (Å²) in [5, 5.41) is 0. The first-order chi connectivity index (χ1) is 12.4. The lowest BCUT2D eigenvalue weighted by Crippen LogP contribution is -2.36. The summed E-state index contributed by atoms with van der Waals surface area (Å²) in [6.45, 7) is 0. The zero-order chi connectivity index (χ0) is 16.1. The summed E-state index contributed by atoms with van der Waals surface area (Å²) in [7, 11) is 0. The van der Waals surface area contributed by atoms with Crippen molar-refractivity contribution < 1.29 is 0 Å². The minimum absolute atomic E-state index is 1.03. The van der Waals surface area contributed by atoms with E-state index in [2.05, 4.69) is 24.3 Å². The maximum Gasteiger partial charge on any atom is -0.0168 e. The van der Waals surface area contributed by atoms with Crippen LogP contribution < -0.4 is 0 Å². The highest BCUT2D eigenvalue weighted by molar-refractivity contribution is 5.20. The monoisotopic (exact) mass is 334 g/mol. The van der Waals surface area contributed by atoms with Gasteiger partial charge < -0.3 is 0 Å². The molecule has 8 aliphatic rings. The molecule has 12 atom stereocenters. The van der Waals surface area contributed by atoms with E-state index in [1.54, 1.807) is 38.5 Å². The topological polar surface area (TPSA) is 0 Å². The molecule has 12 unspecified atom stereocenters. The van der Waals surface area contributed by atoms with Gasteiger partial charge in [-0.2, -0.15) is 0 Å². The molecule has 0 aromatic carbocycles. The molecule has 0 heteroatoms. The van der Waals surface area contributed by atoms with Crippen molar-refractivity contribution in [2.45, 2.75) is 57.8 Å². The van der Waals surface area contributed by atoms with Crippen LogP contribution in [0.25, 0.3) is 0 Å². The van der Waals surface area contributed by atoms with Crippen LogP contribution in [0.5, 0.6) is 0 Å². The predicted octanol–water partition coefficient (Wildman–Crippen LogP) is 6.10. The molecule has 6 saturated carbocycles. The zero-order valence-corrected chi connectivity index (χ0v) is 15.6. The first kappa shape index (κ1) is 14.5. The summed E-state index contributed by atoms with van der Waals surface area (Å²) in [6, 6.07) is 0. The third-order valence-electron chi connectivity index (χ3n) is 10.8. The summed E-state index contributed by atoms with van der Waals surface area (Å²) in [6.07, 6.45) is 24.0. The minimum Gasteiger partial charge on any atom is -0.0879 e. The number of hydrogen-bond donors (Lipinski definition) is 0. The highest BCUT2D eigenvalue weighted by Gasteiger charge is 2.65. The lowest BCUT2D eigenvalue weighted by molar-refractivity contribution is 0.0823. The Hall–Kier alpha value is -0.520. The van der Waals surface area contributed by atoms with Crippen LogP contribution in [0, 0.1) is 71.0 Å². The lowest BCUT2D eigenvalue weighted by Gasteiger charge is -2.40. The molecule has 0 spiro atoms. The molecular formula is C25H34. The van der Waals surface area contributed by atoms with Crippen molar-refractivity contribution in [3.05, 3.63) is 24.3 Å². The maximum atomic E-state index is 2.59. The molecule has 0 radical (unpaired) electrons. The Morgan fingerprint density at radius 2 is 1.12 bits per heavy atom. The van der Waals surface area contributed by atoms with Gasteiger partial charge in [-0.15, -0.1) is 0 Å². The number of fused-ring (bicyclic) bond motifs is 17. The van der Waals surface area contributed by atoms with Crippen LogP contribution in [0.15, 0.2) is 24.3 Å². The average molecular weight is 335 g/mol. The summed E-state index contributed by atoms with van der Waals surface area (Å²) in [5.74, 6) is 13.5. The van der Waals surface area contributed by atoms with Gasteiger partial charge in [0.15, 0.2) is 0 Å². The van der Waals surface area contributed by atoms with Gasteiger partial charge >= 0.3 is 0 Å². The fraction of sp³-hybridized carbons (Fsp3) is 0.840. The largest absolute Gasteiger partial charge is 0.0879 e. The SMILES string of the molecule is C1=CC2C(C1)C1CC2C2C3CCC(C3)C12.C1=CC2C3CCC(C3)C2C1. The van der Waals surface area contributed by atoms with E-state index in [4.69, 9.17) is 0 Å². The van der Waals surface area contributed by atoms with Crippen LogP contribution in [0.2, 0.25) is 0 Å². The van der Waals surface area contributed by atoms with E-state index in [0.29, 0.717) is 0 Å². The molecule has 0 amide bonds. The van der Waals surface area contributed by atoms with Crippen LogP contribution >= 0.6 is 0 Å². The first-order valence-corrected chi connectivity index (χ1v) is 11.7. The fourth-order valence-electron chi connectivity index (χ4n) is 10.3. The highest BCUT2D eigenvalue weighted by atomic mass is 14.7. The van der Waals surface area contributed by atoms with E-state index < -0.39 is 0 Å². The molecule has 6 bridgehead atoms. The van der Waals surface area contributed by atoms with Gasteiger partial charge in [-0.1, -0.05) is 24.3 Å². The molecule has 134 valence electrons. The van der Waals surface area contributed by atoms with Crippen molar-refractivity contribution >= 4 is 0 Å². The number of allylic oxidation sites excluding steroid dienone is 4. The maximum absolute atomic E-state index is 2.59. The smallest absolute Gasteiger partial charge is 0.0168 e. The van der Waals surface area contributed by atoms with E-state index in [-0.39, 0.29) is 0 Å². The van der Waals surface area contributed by atoms with Crippen LogP contribution in [-0.4, -0.2) is 0 Å². The van der Waals surface area contributed by atoms with Gasteiger partial charge in [0.25, 0.3) is 0 Å². The van der Waals surface area contributed by atoms with Crippen molar-refractivity contribution in [1.29, 1.82) is 0 Å². The molecular weight excluding hydrogens is 300 g/mol. The highest BCUT2D eigenvalue weighted by Crippen LogP contribution is 2.71. The Balaban J connectivity index is 0.000000105. The van der Waals surface area contributed by atoms with Crippen molar-refractivity contribution in [1.82, 2.24) is 0 Å². The summed E-state index contributed by atoms with van der Waals surface area (Å²) in [4.78, 5) is 0. The van der Waals surface area contributed by atoms with E-state index in [1.807, 2.05) is 0 Å². The van der Waals surface area contributed by atoms with Crippen LogP contribution in [0.3, 0.4) is 0 Å². The molecule has 0 N–H and O–H groups in total. The molecule has 0 aromatic heterocycles. The molecule has 0 aromatic rings. The lowest BCUT2D eigenvalue weighted by atomic mass is 9.64. The Morgan fingerprint density at radius 3 is 1.96 bits per heavy atom. The van der Waals surface area contributed by atoms with Crippen molar-refractivity contribution in [2.24, 2.45) is 71.0 Å². The van der Waals surface area contributed by atoms with Crippen molar-refractivity contribution in [2.75, 3.05) is 0 Å². The Bertz CT molecular complexity index is 628. The van der Waals surface area contributed by atoms with E-state index in [9.17, 15) is 0 Å². The van der Waals surface area contributed by atoms with E-state index in [0.717, 1.165) is 47.3 Å². The van der Waals surface area contributed by atoms with Gasteiger partial charge in [-0.3, -0.25) is 0 Å². The number of rotatable bonds is 0. The molecule has 8 rings (SSSR count).